The molecule has 0 unspecified atom stereocenters. The second-order valence-corrected chi connectivity index (χ2v) is 5.91. The zero-order chi connectivity index (χ0) is 17.1. The van der Waals surface area contributed by atoms with Crippen LogP contribution in [0, 0.1) is 12.8 Å². The lowest BCUT2D eigenvalue weighted by Crippen LogP contribution is -2.50. The van der Waals surface area contributed by atoms with Crippen molar-refractivity contribution in [2.45, 2.75) is 19.4 Å². The second-order valence-electron chi connectivity index (χ2n) is 5.91. The van der Waals surface area contributed by atoms with Gasteiger partial charge in [-0.1, -0.05) is 0 Å². The Hall–Kier alpha value is -2.68. The van der Waals surface area contributed by atoms with Crippen molar-refractivity contribution in [1.29, 1.82) is 0 Å². The summed E-state index contributed by atoms with van der Waals surface area (Å²) in [5, 5.41) is 9.86. The van der Waals surface area contributed by atoms with Crippen LogP contribution in [0.15, 0.2) is 18.3 Å². The zero-order valence-corrected chi connectivity index (χ0v) is 13.7. The van der Waals surface area contributed by atoms with Gasteiger partial charge < -0.3 is 20.7 Å². The molecule has 128 valence electrons. The first-order valence-corrected chi connectivity index (χ1v) is 7.75. The number of H-pyrrole nitrogens is 1. The van der Waals surface area contributed by atoms with Crippen LogP contribution < -0.4 is 16.0 Å². The van der Waals surface area contributed by atoms with E-state index in [0.717, 1.165) is 11.5 Å². The predicted molar refractivity (Wildman–Crippen MR) is 89.0 cm³/mol. The molecule has 0 aromatic carbocycles. The van der Waals surface area contributed by atoms with E-state index in [-0.39, 0.29) is 17.9 Å². The summed E-state index contributed by atoms with van der Waals surface area (Å²) in [6, 6.07) is 3.52. The number of hydrogen-bond donors (Lipinski definition) is 3. The van der Waals surface area contributed by atoms with Gasteiger partial charge in [-0.2, -0.15) is 10.1 Å². The van der Waals surface area contributed by atoms with Crippen molar-refractivity contribution in [1.82, 2.24) is 20.2 Å². The van der Waals surface area contributed by atoms with E-state index in [2.05, 4.69) is 25.5 Å². The largest absolute Gasteiger partial charge is 0.469 e. The summed E-state index contributed by atoms with van der Waals surface area (Å²) in [5.74, 6) is 1.41. The lowest BCUT2D eigenvalue weighted by Gasteiger charge is -2.35. The number of methoxy groups -OCH3 is 1. The van der Waals surface area contributed by atoms with E-state index in [9.17, 15) is 4.79 Å². The number of piperidine rings is 1. The van der Waals surface area contributed by atoms with E-state index in [0.29, 0.717) is 31.3 Å². The van der Waals surface area contributed by atoms with E-state index < -0.39 is 0 Å². The molecule has 0 aliphatic carbocycles. The van der Waals surface area contributed by atoms with Crippen LogP contribution in [-0.2, 0) is 9.53 Å². The van der Waals surface area contributed by atoms with Gasteiger partial charge in [-0.05, 0) is 13.3 Å². The molecule has 2 aromatic rings. The fourth-order valence-corrected chi connectivity index (χ4v) is 2.86. The fourth-order valence-electron chi connectivity index (χ4n) is 2.86. The highest BCUT2D eigenvalue weighted by Gasteiger charge is 2.32. The molecule has 0 radical (unpaired) electrons. The van der Waals surface area contributed by atoms with Crippen LogP contribution in [0.1, 0.15) is 12.1 Å². The average Bonchev–Trinajstić information content (AvgIpc) is 3.06. The van der Waals surface area contributed by atoms with E-state index in [1.165, 1.54) is 7.11 Å². The number of rotatable bonds is 4. The zero-order valence-electron chi connectivity index (χ0n) is 13.7. The molecule has 9 nitrogen and oxygen atoms in total. The molecule has 0 amide bonds. The maximum atomic E-state index is 11.9. The molecule has 2 atom stereocenters. The Morgan fingerprint density at radius 3 is 3.00 bits per heavy atom. The van der Waals surface area contributed by atoms with Crippen molar-refractivity contribution in [2.24, 2.45) is 11.7 Å². The summed E-state index contributed by atoms with van der Waals surface area (Å²) in [6.45, 7) is 2.98. The molecule has 0 saturated carbocycles. The maximum absolute atomic E-state index is 11.9. The lowest BCUT2D eigenvalue weighted by molar-refractivity contribution is -0.145. The molecule has 2 aromatic heterocycles. The average molecular weight is 331 g/mol. The number of carbonyl (C=O) groups excluding carboxylic acids is 1. The molecular formula is C15H21N7O2. The van der Waals surface area contributed by atoms with Crippen molar-refractivity contribution < 1.29 is 9.53 Å². The predicted octanol–water partition coefficient (Wildman–Crippen LogP) is 0.578. The summed E-state index contributed by atoms with van der Waals surface area (Å²) in [7, 11) is 1.39. The molecule has 1 aliphatic heterocycles. The third-order valence-electron chi connectivity index (χ3n) is 3.91. The first kappa shape index (κ1) is 16.2. The van der Waals surface area contributed by atoms with Crippen molar-refractivity contribution in [3.8, 4) is 0 Å². The van der Waals surface area contributed by atoms with Crippen LogP contribution in [0.3, 0.4) is 0 Å². The van der Waals surface area contributed by atoms with Crippen LogP contribution >= 0.6 is 0 Å². The third-order valence-corrected chi connectivity index (χ3v) is 3.91. The van der Waals surface area contributed by atoms with Gasteiger partial charge in [0.05, 0.1) is 19.2 Å². The monoisotopic (exact) mass is 331 g/mol. The Morgan fingerprint density at radius 1 is 1.46 bits per heavy atom. The van der Waals surface area contributed by atoms with E-state index in [1.807, 2.05) is 17.9 Å². The summed E-state index contributed by atoms with van der Waals surface area (Å²) in [5.41, 5.74) is 6.91. The molecular weight excluding hydrogens is 310 g/mol. The number of aromatic amines is 1. The van der Waals surface area contributed by atoms with Crippen LogP contribution in [0.25, 0.3) is 0 Å². The number of hydrogen-bond acceptors (Lipinski definition) is 8. The van der Waals surface area contributed by atoms with Gasteiger partial charge in [0, 0.05) is 37.0 Å². The number of carbonyl (C=O) groups is 1. The molecule has 9 heteroatoms. The molecule has 1 fully saturated rings. The van der Waals surface area contributed by atoms with Crippen LogP contribution in [0.2, 0.25) is 0 Å². The minimum Gasteiger partial charge on any atom is -0.469 e. The number of nitrogens with one attached hydrogen (secondary N) is 2. The second kappa shape index (κ2) is 6.83. The van der Waals surface area contributed by atoms with Gasteiger partial charge in [0.2, 0.25) is 5.95 Å². The highest BCUT2D eigenvalue weighted by atomic mass is 16.5. The topological polar surface area (TPSA) is 122 Å². The Bertz CT molecular complexity index is 704. The number of aryl methyl sites for hydroxylation is 1. The van der Waals surface area contributed by atoms with E-state index >= 15 is 0 Å². The first-order chi connectivity index (χ1) is 11.5. The van der Waals surface area contributed by atoms with Crippen molar-refractivity contribution in [3.05, 3.63) is 24.0 Å². The van der Waals surface area contributed by atoms with E-state index in [1.54, 1.807) is 12.3 Å². The highest BCUT2D eigenvalue weighted by molar-refractivity contribution is 5.73. The molecule has 1 saturated heterocycles. The summed E-state index contributed by atoms with van der Waals surface area (Å²) in [6.07, 6.45) is 2.26. The molecule has 0 spiro atoms. The van der Waals surface area contributed by atoms with Gasteiger partial charge in [-0.25, -0.2) is 4.98 Å². The van der Waals surface area contributed by atoms with Crippen molar-refractivity contribution in [3.63, 3.8) is 0 Å². The van der Waals surface area contributed by atoms with E-state index in [4.69, 9.17) is 10.5 Å². The SMILES string of the molecule is COC(=O)[C@@H]1C[C@@H](N)CN(c2nc(C)cc(Nc3ccn[nH]3)n2)C1. The van der Waals surface area contributed by atoms with Crippen LogP contribution in [0.5, 0.6) is 0 Å². The van der Waals surface area contributed by atoms with Gasteiger partial charge in [0.15, 0.2) is 0 Å². The molecule has 24 heavy (non-hydrogen) atoms. The lowest BCUT2D eigenvalue weighted by atomic mass is 9.95. The van der Waals surface area contributed by atoms with Crippen LogP contribution in [0.4, 0.5) is 17.6 Å². The van der Waals surface area contributed by atoms with Crippen molar-refractivity contribution in [2.75, 3.05) is 30.4 Å². The normalized spacial score (nSPS) is 20.7. The van der Waals surface area contributed by atoms with Gasteiger partial charge in [-0.3, -0.25) is 9.89 Å². The Balaban J connectivity index is 1.82. The first-order valence-electron chi connectivity index (χ1n) is 7.75. The quantitative estimate of drug-likeness (QED) is 0.695. The smallest absolute Gasteiger partial charge is 0.310 e. The summed E-state index contributed by atoms with van der Waals surface area (Å²) in [4.78, 5) is 22.8. The number of anilines is 3. The molecule has 0 bridgehead atoms. The Kier molecular flexibility index (Phi) is 4.61. The standard InChI is InChI=1S/C15H21N7O2/c1-9-5-13(19-12-3-4-17-21-12)20-15(18-9)22-7-10(14(23)24-2)6-11(16)8-22/h3-5,10-11H,6-8,16H2,1-2H3,(H2,17,18,19,20,21)/t10-,11-/m1/s1. The van der Waals surface area contributed by atoms with Gasteiger partial charge in [0.25, 0.3) is 0 Å². The summed E-state index contributed by atoms with van der Waals surface area (Å²) >= 11 is 0. The highest BCUT2D eigenvalue weighted by Crippen LogP contribution is 2.23. The minimum absolute atomic E-state index is 0.129. The Morgan fingerprint density at radius 2 is 2.29 bits per heavy atom. The molecule has 4 N–H and O–H groups in total. The fraction of sp³-hybridized carbons (Fsp3) is 0.467. The third kappa shape index (κ3) is 3.62. The number of nitrogens with two attached hydrogens (primary N) is 1. The number of esters is 1. The van der Waals surface area contributed by atoms with Gasteiger partial charge >= 0.3 is 5.97 Å². The summed E-state index contributed by atoms with van der Waals surface area (Å²) < 4.78 is 4.85. The van der Waals surface area contributed by atoms with Gasteiger partial charge in [-0.15, -0.1) is 0 Å². The van der Waals surface area contributed by atoms with Crippen molar-refractivity contribution >= 4 is 23.6 Å². The van der Waals surface area contributed by atoms with Gasteiger partial charge in [0.1, 0.15) is 11.6 Å². The minimum atomic E-state index is -0.271. The molecule has 3 heterocycles. The number of ether oxygens (including phenoxy) is 1. The molecule has 1 aliphatic rings. The number of aromatic nitrogens is 4. The van der Waals surface area contributed by atoms with Crippen LogP contribution in [-0.4, -0.2) is 52.4 Å². The Labute approximate surface area is 139 Å². The maximum Gasteiger partial charge on any atom is 0.310 e. The number of nitrogens with zero attached hydrogens (tertiary/aromatic N) is 4. The molecule has 3 rings (SSSR count).